The van der Waals surface area contributed by atoms with Crippen molar-refractivity contribution in [2.75, 3.05) is 27.6 Å². The number of aromatic nitrogens is 3. The number of benzene rings is 2. The Morgan fingerprint density at radius 2 is 1.67 bits per heavy atom. The summed E-state index contributed by atoms with van der Waals surface area (Å²) in [6.07, 6.45) is 3.62. The van der Waals surface area contributed by atoms with Gasteiger partial charge in [-0.1, -0.05) is 42.1 Å². The minimum absolute atomic E-state index is 0.515. The summed E-state index contributed by atoms with van der Waals surface area (Å²) in [6, 6.07) is 13.5. The third-order valence-corrected chi connectivity index (χ3v) is 4.49. The first-order chi connectivity index (χ1) is 13.2. The van der Waals surface area contributed by atoms with Crippen LogP contribution in [0.2, 0.25) is 0 Å². The highest BCUT2D eigenvalue weighted by Crippen LogP contribution is 2.39. The molecule has 0 spiro atoms. The van der Waals surface area contributed by atoms with Crippen LogP contribution in [-0.4, -0.2) is 48.7 Å². The Balaban J connectivity index is 2.06. The molecule has 2 aromatic carbocycles. The lowest BCUT2D eigenvalue weighted by atomic mass is 10.2. The van der Waals surface area contributed by atoms with Gasteiger partial charge >= 0.3 is 0 Å². The Labute approximate surface area is 162 Å². The number of hydrogen-bond acceptors (Lipinski definition) is 7. The summed E-state index contributed by atoms with van der Waals surface area (Å²) in [5.41, 5.74) is 1.68. The van der Waals surface area contributed by atoms with Crippen molar-refractivity contribution in [2.24, 2.45) is 5.10 Å². The molecule has 0 bridgehead atoms. The van der Waals surface area contributed by atoms with Crippen molar-refractivity contribution in [3.05, 3.63) is 48.0 Å². The van der Waals surface area contributed by atoms with Crippen LogP contribution in [0.15, 0.2) is 52.7 Å². The molecule has 0 amide bonds. The highest BCUT2D eigenvalue weighted by atomic mass is 32.2. The average Bonchev–Trinajstić information content (AvgIpc) is 3.14. The molecule has 7 nitrogen and oxygen atoms in total. The van der Waals surface area contributed by atoms with Gasteiger partial charge < -0.3 is 14.2 Å². The second kappa shape index (κ2) is 8.59. The van der Waals surface area contributed by atoms with E-state index in [1.54, 1.807) is 32.2 Å². The normalized spacial score (nSPS) is 11.0. The lowest BCUT2D eigenvalue weighted by molar-refractivity contribution is 0.324. The van der Waals surface area contributed by atoms with Gasteiger partial charge in [-0.3, -0.25) is 0 Å². The van der Waals surface area contributed by atoms with E-state index >= 15 is 0 Å². The summed E-state index contributed by atoms with van der Waals surface area (Å²) >= 11 is 1.47. The molecule has 0 fully saturated rings. The maximum absolute atomic E-state index is 5.51. The molecule has 140 valence electrons. The molecule has 0 aliphatic rings. The molecular formula is C19H20N4O3S. The van der Waals surface area contributed by atoms with E-state index in [1.165, 1.54) is 11.8 Å². The first-order valence-corrected chi connectivity index (χ1v) is 9.34. The molecule has 0 N–H and O–H groups in total. The van der Waals surface area contributed by atoms with Gasteiger partial charge in [-0.05, 0) is 18.4 Å². The Bertz CT molecular complexity index is 942. The lowest BCUT2D eigenvalue weighted by Crippen LogP contribution is -2.00. The summed E-state index contributed by atoms with van der Waals surface area (Å²) < 4.78 is 18.0. The molecule has 1 aromatic heterocycles. The molecule has 0 radical (unpaired) electrons. The third kappa shape index (κ3) is 3.75. The van der Waals surface area contributed by atoms with Crippen LogP contribution in [0.3, 0.4) is 0 Å². The van der Waals surface area contributed by atoms with Crippen LogP contribution in [0.25, 0.3) is 11.4 Å². The van der Waals surface area contributed by atoms with Crippen molar-refractivity contribution < 1.29 is 14.2 Å². The van der Waals surface area contributed by atoms with Gasteiger partial charge in [0.2, 0.25) is 10.9 Å². The number of ether oxygens (including phenoxy) is 3. The second-order valence-corrected chi connectivity index (χ2v) is 6.13. The van der Waals surface area contributed by atoms with E-state index in [9.17, 15) is 0 Å². The molecule has 0 saturated heterocycles. The second-order valence-electron chi connectivity index (χ2n) is 5.36. The molecule has 8 heteroatoms. The SMILES string of the molecule is COc1ccc(/C=N\n2c(SC)nnc2-c2ccccc2)c(OC)c1OC. The summed E-state index contributed by atoms with van der Waals surface area (Å²) in [6.45, 7) is 0. The van der Waals surface area contributed by atoms with Crippen molar-refractivity contribution >= 4 is 18.0 Å². The van der Waals surface area contributed by atoms with E-state index < -0.39 is 0 Å². The van der Waals surface area contributed by atoms with Crippen LogP contribution < -0.4 is 14.2 Å². The van der Waals surface area contributed by atoms with E-state index in [4.69, 9.17) is 14.2 Å². The maximum atomic E-state index is 5.51. The van der Waals surface area contributed by atoms with Crippen molar-refractivity contribution in [3.8, 4) is 28.6 Å². The number of methoxy groups -OCH3 is 3. The summed E-state index contributed by atoms with van der Waals surface area (Å²) in [7, 11) is 4.73. The van der Waals surface area contributed by atoms with Gasteiger partial charge in [0.1, 0.15) is 0 Å². The molecule has 27 heavy (non-hydrogen) atoms. The number of rotatable bonds is 7. The zero-order valence-electron chi connectivity index (χ0n) is 15.5. The lowest BCUT2D eigenvalue weighted by Gasteiger charge is -2.13. The Morgan fingerprint density at radius 1 is 0.926 bits per heavy atom. The zero-order valence-corrected chi connectivity index (χ0v) is 16.4. The first-order valence-electron chi connectivity index (χ1n) is 8.11. The predicted octanol–water partition coefficient (Wildman–Crippen LogP) is 3.58. The molecular weight excluding hydrogens is 364 g/mol. The number of hydrogen-bond donors (Lipinski definition) is 0. The standard InChI is InChI=1S/C19H20N4O3S/c1-24-15-11-10-14(16(25-2)17(15)26-3)12-20-23-18(21-22-19(23)27-4)13-8-6-5-7-9-13/h5-12H,1-4H3/b20-12-. The summed E-state index contributed by atoms with van der Waals surface area (Å²) in [5.74, 6) is 2.31. The van der Waals surface area contributed by atoms with Crippen LogP contribution in [-0.2, 0) is 0 Å². The summed E-state index contributed by atoms with van der Waals surface area (Å²) in [5, 5.41) is 13.8. The van der Waals surface area contributed by atoms with Gasteiger partial charge in [0, 0.05) is 11.1 Å². The predicted molar refractivity (Wildman–Crippen MR) is 106 cm³/mol. The largest absolute Gasteiger partial charge is 0.493 e. The molecule has 3 rings (SSSR count). The van der Waals surface area contributed by atoms with Crippen molar-refractivity contribution in [3.63, 3.8) is 0 Å². The first kappa shape index (κ1) is 18.8. The van der Waals surface area contributed by atoms with Crippen LogP contribution in [0.5, 0.6) is 17.2 Å². The fourth-order valence-electron chi connectivity index (χ4n) is 2.61. The minimum atomic E-state index is 0.515. The zero-order chi connectivity index (χ0) is 19.2. The van der Waals surface area contributed by atoms with Crippen molar-refractivity contribution in [1.82, 2.24) is 14.9 Å². The Morgan fingerprint density at radius 3 is 2.30 bits per heavy atom. The molecule has 3 aromatic rings. The quantitative estimate of drug-likeness (QED) is 0.458. The minimum Gasteiger partial charge on any atom is -0.493 e. The number of nitrogens with zero attached hydrogens (tertiary/aromatic N) is 4. The van der Waals surface area contributed by atoms with E-state index in [0.717, 1.165) is 11.1 Å². The molecule has 0 unspecified atom stereocenters. The van der Waals surface area contributed by atoms with Gasteiger partial charge in [-0.15, -0.1) is 10.2 Å². The summed E-state index contributed by atoms with van der Waals surface area (Å²) in [4.78, 5) is 0. The van der Waals surface area contributed by atoms with E-state index in [2.05, 4.69) is 15.3 Å². The molecule has 0 aliphatic carbocycles. The van der Waals surface area contributed by atoms with E-state index in [0.29, 0.717) is 28.2 Å². The van der Waals surface area contributed by atoms with Crippen LogP contribution in [0.4, 0.5) is 0 Å². The fraction of sp³-hybridized carbons (Fsp3) is 0.211. The third-order valence-electron chi connectivity index (χ3n) is 3.87. The van der Waals surface area contributed by atoms with Gasteiger partial charge in [0.25, 0.3) is 0 Å². The van der Waals surface area contributed by atoms with Crippen LogP contribution >= 0.6 is 11.8 Å². The van der Waals surface area contributed by atoms with Gasteiger partial charge in [-0.2, -0.15) is 9.78 Å². The monoisotopic (exact) mass is 384 g/mol. The van der Waals surface area contributed by atoms with Gasteiger partial charge in [-0.25, -0.2) is 0 Å². The van der Waals surface area contributed by atoms with Crippen LogP contribution in [0.1, 0.15) is 5.56 Å². The van der Waals surface area contributed by atoms with E-state index in [1.807, 2.05) is 48.7 Å². The molecule has 1 heterocycles. The number of thioether (sulfide) groups is 1. The highest BCUT2D eigenvalue weighted by molar-refractivity contribution is 7.98. The van der Waals surface area contributed by atoms with Crippen molar-refractivity contribution in [1.29, 1.82) is 0 Å². The fourth-order valence-corrected chi connectivity index (χ4v) is 3.04. The van der Waals surface area contributed by atoms with Gasteiger partial charge in [0.15, 0.2) is 17.3 Å². The topological polar surface area (TPSA) is 70.8 Å². The Kier molecular flexibility index (Phi) is 5.97. The van der Waals surface area contributed by atoms with E-state index in [-0.39, 0.29) is 0 Å². The van der Waals surface area contributed by atoms with Gasteiger partial charge in [0.05, 0.1) is 27.5 Å². The maximum Gasteiger partial charge on any atom is 0.212 e. The molecule has 0 saturated carbocycles. The highest BCUT2D eigenvalue weighted by Gasteiger charge is 2.16. The van der Waals surface area contributed by atoms with Crippen LogP contribution in [0, 0.1) is 0 Å². The molecule has 0 atom stereocenters. The Hall–Kier alpha value is -3.00. The molecule has 0 aliphatic heterocycles. The average molecular weight is 384 g/mol. The smallest absolute Gasteiger partial charge is 0.212 e. The van der Waals surface area contributed by atoms with Crippen molar-refractivity contribution in [2.45, 2.75) is 5.16 Å².